The van der Waals surface area contributed by atoms with Crippen LogP contribution >= 0.6 is 0 Å². The molecule has 0 aliphatic heterocycles. The zero-order valence-corrected chi connectivity index (χ0v) is 15.6. The summed E-state index contributed by atoms with van der Waals surface area (Å²) in [4.78, 5) is 15.8. The summed E-state index contributed by atoms with van der Waals surface area (Å²) in [5.41, 5.74) is 2.03. The Bertz CT molecular complexity index is 1060. The molecule has 0 saturated heterocycles. The molecule has 1 aromatic heterocycles. The van der Waals surface area contributed by atoms with Gasteiger partial charge in [-0.3, -0.25) is 0 Å². The lowest BCUT2D eigenvalue weighted by molar-refractivity contribution is -0.360. The van der Waals surface area contributed by atoms with E-state index in [1.807, 2.05) is 0 Å². The Morgan fingerprint density at radius 1 is 1.03 bits per heavy atom. The molecule has 0 unspecified atom stereocenters. The molecule has 1 heterocycles. The smallest absolute Gasteiger partial charge is 0.465 e. The lowest BCUT2D eigenvalue weighted by atomic mass is 10.0. The van der Waals surface area contributed by atoms with Crippen molar-refractivity contribution < 1.29 is 36.2 Å². The van der Waals surface area contributed by atoms with Crippen LogP contribution in [0.25, 0.3) is 17.1 Å². The molecule has 0 fully saturated rings. The van der Waals surface area contributed by atoms with Gasteiger partial charge >= 0.3 is 18.3 Å². The van der Waals surface area contributed by atoms with Crippen LogP contribution in [0.4, 0.5) is 22.0 Å². The van der Waals surface area contributed by atoms with E-state index in [0.717, 1.165) is 12.1 Å². The van der Waals surface area contributed by atoms with Crippen LogP contribution < -0.4 is 4.74 Å². The number of methoxy groups -OCH3 is 1. The summed E-state index contributed by atoms with van der Waals surface area (Å²) in [5.74, 6) is -0.815. The summed E-state index contributed by atoms with van der Waals surface area (Å²) in [6.45, 7) is 1.72. The van der Waals surface area contributed by atoms with Crippen molar-refractivity contribution in [2.24, 2.45) is 0 Å². The Morgan fingerprint density at radius 3 is 2.27 bits per heavy atom. The van der Waals surface area contributed by atoms with Crippen molar-refractivity contribution in [3.63, 3.8) is 0 Å². The van der Waals surface area contributed by atoms with Crippen LogP contribution in [0.3, 0.4) is 0 Å². The van der Waals surface area contributed by atoms with Crippen LogP contribution in [0.1, 0.15) is 15.9 Å². The number of hydrogen-bond donors (Lipinski definition) is 0. The molecule has 0 aliphatic carbocycles. The lowest BCUT2D eigenvalue weighted by Gasteiger charge is -2.20. The van der Waals surface area contributed by atoms with Gasteiger partial charge in [0.2, 0.25) is 0 Å². The molecule has 0 atom stereocenters. The zero-order valence-electron chi connectivity index (χ0n) is 15.6. The van der Waals surface area contributed by atoms with E-state index in [0.29, 0.717) is 28.2 Å². The molecule has 158 valence electrons. The molecular weight excluding hydrogens is 413 g/mol. The van der Waals surface area contributed by atoms with Gasteiger partial charge in [-0.25, -0.2) is 14.5 Å². The standard InChI is InChI=1S/C19H14F5N3O3/c1-11-9-12(3-8-15(11)17(28)29-2)16-25-10-27(26-16)13-4-6-14(7-5-13)30-19(23,24)18(20,21)22/h3-10H,1-2H3. The van der Waals surface area contributed by atoms with Crippen LogP contribution in [-0.4, -0.2) is 40.1 Å². The van der Waals surface area contributed by atoms with Gasteiger partial charge in [-0.2, -0.15) is 22.0 Å². The third kappa shape index (κ3) is 4.24. The fourth-order valence-corrected chi connectivity index (χ4v) is 2.53. The quantitative estimate of drug-likeness (QED) is 0.441. The van der Waals surface area contributed by atoms with E-state index in [1.165, 1.54) is 30.3 Å². The first-order chi connectivity index (χ1) is 14.0. The normalized spacial score (nSPS) is 12.0. The van der Waals surface area contributed by atoms with E-state index in [9.17, 15) is 26.7 Å². The lowest BCUT2D eigenvalue weighted by Crippen LogP contribution is -2.41. The van der Waals surface area contributed by atoms with Crippen molar-refractivity contribution in [2.75, 3.05) is 7.11 Å². The summed E-state index contributed by atoms with van der Waals surface area (Å²) in [7, 11) is 1.28. The summed E-state index contributed by atoms with van der Waals surface area (Å²) < 4.78 is 72.3. The number of ether oxygens (including phenoxy) is 2. The largest absolute Gasteiger partial charge is 0.499 e. The molecular formula is C19H14F5N3O3. The minimum atomic E-state index is -5.83. The Balaban J connectivity index is 1.80. The highest BCUT2D eigenvalue weighted by Crippen LogP contribution is 2.37. The molecule has 3 rings (SSSR count). The Hall–Kier alpha value is -3.50. The number of nitrogens with zero attached hydrogens (tertiary/aromatic N) is 3. The predicted octanol–water partition coefficient (Wildman–Crippen LogP) is 4.56. The van der Waals surface area contributed by atoms with Crippen molar-refractivity contribution in [1.82, 2.24) is 14.8 Å². The second-order valence-corrected chi connectivity index (χ2v) is 6.14. The summed E-state index contributed by atoms with van der Waals surface area (Å²) in [6, 6.07) is 9.34. The first-order valence-electron chi connectivity index (χ1n) is 8.37. The number of carbonyl (C=O) groups is 1. The minimum Gasteiger partial charge on any atom is -0.465 e. The highest BCUT2D eigenvalue weighted by molar-refractivity contribution is 5.91. The second-order valence-electron chi connectivity index (χ2n) is 6.14. The Labute approximate surface area is 166 Å². The van der Waals surface area contributed by atoms with Crippen molar-refractivity contribution in [3.8, 4) is 22.8 Å². The number of rotatable bonds is 5. The fourth-order valence-electron chi connectivity index (χ4n) is 2.53. The maximum Gasteiger partial charge on any atom is 0.499 e. The molecule has 30 heavy (non-hydrogen) atoms. The van der Waals surface area contributed by atoms with Gasteiger partial charge in [-0.05, 0) is 48.9 Å². The number of esters is 1. The Kier molecular flexibility index (Phi) is 5.47. The van der Waals surface area contributed by atoms with Gasteiger partial charge in [-0.1, -0.05) is 6.07 Å². The average molecular weight is 427 g/mol. The van der Waals surface area contributed by atoms with E-state index in [1.54, 1.807) is 25.1 Å². The van der Waals surface area contributed by atoms with Crippen LogP contribution in [0.2, 0.25) is 0 Å². The Morgan fingerprint density at radius 2 is 1.70 bits per heavy atom. The van der Waals surface area contributed by atoms with E-state index < -0.39 is 24.0 Å². The highest BCUT2D eigenvalue weighted by Gasteiger charge is 2.61. The number of benzene rings is 2. The third-order valence-corrected chi connectivity index (χ3v) is 4.06. The highest BCUT2D eigenvalue weighted by atomic mass is 19.4. The van der Waals surface area contributed by atoms with Crippen LogP contribution in [-0.2, 0) is 4.74 Å². The molecule has 0 aliphatic rings. The van der Waals surface area contributed by atoms with Gasteiger partial charge in [0.05, 0.1) is 18.4 Å². The molecule has 0 spiro atoms. The monoisotopic (exact) mass is 427 g/mol. The first-order valence-corrected chi connectivity index (χ1v) is 8.37. The van der Waals surface area contributed by atoms with E-state index in [-0.39, 0.29) is 0 Å². The van der Waals surface area contributed by atoms with Gasteiger partial charge in [0.15, 0.2) is 5.82 Å². The maximum absolute atomic E-state index is 13.0. The molecule has 0 amide bonds. The average Bonchev–Trinajstić information content (AvgIpc) is 3.17. The number of aromatic nitrogens is 3. The van der Waals surface area contributed by atoms with E-state index in [2.05, 4.69) is 19.6 Å². The molecule has 0 saturated carbocycles. The molecule has 6 nitrogen and oxygen atoms in total. The van der Waals surface area contributed by atoms with Crippen LogP contribution in [0.15, 0.2) is 48.8 Å². The van der Waals surface area contributed by atoms with Gasteiger partial charge < -0.3 is 9.47 Å². The number of aryl methyl sites for hydroxylation is 1. The number of alkyl halides is 5. The fraction of sp³-hybridized carbons (Fsp3) is 0.211. The van der Waals surface area contributed by atoms with E-state index >= 15 is 0 Å². The van der Waals surface area contributed by atoms with Gasteiger partial charge in [0.25, 0.3) is 0 Å². The molecule has 0 bridgehead atoms. The summed E-state index contributed by atoms with van der Waals surface area (Å²) >= 11 is 0. The van der Waals surface area contributed by atoms with E-state index in [4.69, 9.17) is 0 Å². The number of carbonyl (C=O) groups excluding carboxylic acids is 1. The summed E-state index contributed by atoms with van der Waals surface area (Å²) in [6.07, 6.45) is -9.78. The third-order valence-electron chi connectivity index (χ3n) is 4.06. The van der Waals surface area contributed by atoms with Crippen molar-refractivity contribution >= 4 is 5.97 Å². The van der Waals surface area contributed by atoms with Crippen molar-refractivity contribution in [1.29, 1.82) is 0 Å². The van der Waals surface area contributed by atoms with Gasteiger partial charge in [-0.15, -0.1) is 5.10 Å². The number of halogens is 5. The molecule has 0 N–H and O–H groups in total. The summed E-state index contributed by atoms with van der Waals surface area (Å²) in [5, 5.41) is 4.25. The molecule has 2 aromatic carbocycles. The maximum atomic E-state index is 13.0. The first kappa shape index (κ1) is 21.2. The zero-order chi connectivity index (χ0) is 22.1. The SMILES string of the molecule is COC(=O)c1ccc(-c2ncn(-c3ccc(OC(F)(F)C(F)(F)F)cc3)n2)cc1C. The van der Waals surface area contributed by atoms with Gasteiger partial charge in [0, 0.05) is 5.56 Å². The minimum absolute atomic E-state index is 0.318. The van der Waals surface area contributed by atoms with Crippen LogP contribution in [0.5, 0.6) is 5.75 Å². The second kappa shape index (κ2) is 7.73. The molecule has 0 radical (unpaired) electrons. The van der Waals surface area contributed by atoms with Crippen molar-refractivity contribution in [3.05, 3.63) is 59.9 Å². The molecule has 11 heteroatoms. The number of hydrogen-bond acceptors (Lipinski definition) is 5. The topological polar surface area (TPSA) is 66.2 Å². The molecule has 3 aromatic rings. The van der Waals surface area contributed by atoms with Gasteiger partial charge in [0.1, 0.15) is 12.1 Å². The van der Waals surface area contributed by atoms with Crippen LogP contribution in [0, 0.1) is 6.92 Å². The predicted molar refractivity (Wildman–Crippen MR) is 94.5 cm³/mol. The van der Waals surface area contributed by atoms with Crippen molar-refractivity contribution in [2.45, 2.75) is 19.2 Å².